The molecule has 0 aliphatic heterocycles. The molecule has 0 saturated heterocycles. The Labute approximate surface area is 91.4 Å². The molecule has 86 valence electrons. The van der Waals surface area contributed by atoms with E-state index >= 15 is 0 Å². The van der Waals surface area contributed by atoms with Crippen molar-refractivity contribution in [3.8, 4) is 6.07 Å². The molecule has 0 aliphatic rings. The highest BCUT2D eigenvalue weighted by Crippen LogP contribution is 2.15. The molecular weight excluding hydrogens is 192 g/mol. The van der Waals surface area contributed by atoms with Gasteiger partial charge >= 0.3 is 5.97 Å². The van der Waals surface area contributed by atoms with Crippen LogP contribution in [0.25, 0.3) is 0 Å². The first kappa shape index (κ1) is 13.9. The van der Waals surface area contributed by atoms with Crippen LogP contribution in [0.1, 0.15) is 33.6 Å². The second-order valence-corrected chi connectivity index (χ2v) is 4.20. The Hall–Kier alpha value is -1.08. The molecule has 2 N–H and O–H groups in total. The second-order valence-electron chi connectivity index (χ2n) is 4.20. The Kier molecular flexibility index (Phi) is 6.72. The molecule has 2 atom stereocenters. The van der Waals surface area contributed by atoms with E-state index in [1.165, 1.54) is 0 Å². The van der Waals surface area contributed by atoms with Gasteiger partial charge in [0, 0.05) is 6.42 Å². The van der Waals surface area contributed by atoms with Crippen LogP contribution < -0.4 is 5.73 Å². The van der Waals surface area contributed by atoms with Gasteiger partial charge in [-0.05, 0) is 31.7 Å². The largest absolute Gasteiger partial charge is 0.447 e. The molecule has 0 rings (SSSR count). The van der Waals surface area contributed by atoms with E-state index in [0.717, 1.165) is 6.42 Å². The van der Waals surface area contributed by atoms with E-state index in [-0.39, 0.29) is 11.9 Å². The lowest BCUT2D eigenvalue weighted by atomic mass is 9.94. The Morgan fingerprint density at radius 1 is 1.47 bits per heavy atom. The van der Waals surface area contributed by atoms with Gasteiger partial charge in [0.15, 0.2) is 6.10 Å². The van der Waals surface area contributed by atoms with Crippen LogP contribution in [-0.2, 0) is 9.53 Å². The van der Waals surface area contributed by atoms with Crippen LogP contribution in [0.4, 0.5) is 0 Å². The van der Waals surface area contributed by atoms with Gasteiger partial charge in [-0.25, -0.2) is 0 Å². The number of nitriles is 1. The maximum Gasteiger partial charge on any atom is 0.307 e. The number of carbonyl (C=O) groups is 1. The van der Waals surface area contributed by atoms with Crippen molar-refractivity contribution in [2.45, 2.75) is 39.7 Å². The van der Waals surface area contributed by atoms with Gasteiger partial charge in [0.1, 0.15) is 6.07 Å². The molecule has 0 amide bonds. The summed E-state index contributed by atoms with van der Waals surface area (Å²) < 4.78 is 4.86. The van der Waals surface area contributed by atoms with Crippen molar-refractivity contribution >= 4 is 5.97 Å². The van der Waals surface area contributed by atoms with Gasteiger partial charge in [-0.2, -0.15) is 5.26 Å². The summed E-state index contributed by atoms with van der Waals surface area (Å²) >= 11 is 0. The first-order valence-corrected chi connectivity index (χ1v) is 5.28. The quantitative estimate of drug-likeness (QED) is 0.676. The molecule has 0 aromatic heterocycles. The summed E-state index contributed by atoms with van der Waals surface area (Å²) in [6.07, 6.45) is 0.544. The van der Waals surface area contributed by atoms with Crippen LogP contribution in [-0.4, -0.2) is 18.6 Å². The maximum absolute atomic E-state index is 11.3. The van der Waals surface area contributed by atoms with E-state index in [1.54, 1.807) is 6.92 Å². The molecule has 0 aliphatic carbocycles. The topological polar surface area (TPSA) is 76.1 Å². The molecule has 1 unspecified atom stereocenters. The molecule has 0 heterocycles. The molecule has 4 heteroatoms. The van der Waals surface area contributed by atoms with Crippen LogP contribution in [0.5, 0.6) is 0 Å². The summed E-state index contributed by atoms with van der Waals surface area (Å²) in [5, 5.41) is 8.47. The fraction of sp³-hybridized carbons (Fsp3) is 0.818. The number of esters is 1. The van der Waals surface area contributed by atoms with Crippen molar-refractivity contribution in [3.05, 3.63) is 0 Å². The van der Waals surface area contributed by atoms with Gasteiger partial charge in [-0.3, -0.25) is 4.79 Å². The van der Waals surface area contributed by atoms with Crippen LogP contribution in [0.2, 0.25) is 0 Å². The highest BCUT2D eigenvalue weighted by Gasteiger charge is 2.16. The van der Waals surface area contributed by atoms with Crippen LogP contribution >= 0.6 is 0 Å². The summed E-state index contributed by atoms with van der Waals surface area (Å²) in [6, 6.07) is 1.85. The number of nitrogens with two attached hydrogens (primary N) is 1. The zero-order valence-electron chi connectivity index (χ0n) is 9.69. The number of nitrogens with zero attached hydrogens (tertiary/aromatic N) is 1. The fourth-order valence-electron chi connectivity index (χ4n) is 1.44. The van der Waals surface area contributed by atoms with Crippen LogP contribution in [0.15, 0.2) is 0 Å². The molecular formula is C11H20N2O2. The van der Waals surface area contributed by atoms with E-state index in [0.29, 0.717) is 18.9 Å². The third-order valence-electron chi connectivity index (χ3n) is 2.08. The van der Waals surface area contributed by atoms with Gasteiger partial charge in [-0.15, -0.1) is 0 Å². The van der Waals surface area contributed by atoms with Gasteiger partial charge < -0.3 is 10.5 Å². The minimum Gasteiger partial charge on any atom is -0.447 e. The van der Waals surface area contributed by atoms with E-state index < -0.39 is 6.10 Å². The number of carbonyl (C=O) groups excluding carboxylic acids is 1. The van der Waals surface area contributed by atoms with E-state index in [4.69, 9.17) is 15.7 Å². The summed E-state index contributed by atoms with van der Waals surface area (Å²) in [6.45, 7) is 6.21. The van der Waals surface area contributed by atoms with Crippen LogP contribution in [0.3, 0.4) is 0 Å². The molecule has 0 aromatic rings. The highest BCUT2D eigenvalue weighted by atomic mass is 16.5. The van der Waals surface area contributed by atoms with Crippen molar-refractivity contribution < 1.29 is 9.53 Å². The third kappa shape index (κ3) is 6.92. The number of hydrogen-bond donors (Lipinski definition) is 1. The number of rotatable bonds is 6. The molecule has 0 spiro atoms. The van der Waals surface area contributed by atoms with E-state index in [2.05, 4.69) is 13.8 Å². The molecule has 0 aromatic carbocycles. The molecule has 0 radical (unpaired) electrons. The summed E-state index contributed by atoms with van der Waals surface area (Å²) in [4.78, 5) is 11.3. The van der Waals surface area contributed by atoms with Crippen LogP contribution in [0, 0.1) is 23.2 Å². The summed E-state index contributed by atoms with van der Waals surface area (Å²) in [5.74, 6) is 0.336. The fourth-order valence-corrected chi connectivity index (χ4v) is 1.44. The predicted molar refractivity (Wildman–Crippen MR) is 57.8 cm³/mol. The lowest BCUT2D eigenvalue weighted by Gasteiger charge is -2.16. The molecule has 0 fully saturated rings. The van der Waals surface area contributed by atoms with Crippen molar-refractivity contribution in [1.82, 2.24) is 0 Å². The third-order valence-corrected chi connectivity index (χ3v) is 2.08. The monoisotopic (exact) mass is 212 g/mol. The number of hydrogen-bond acceptors (Lipinski definition) is 4. The van der Waals surface area contributed by atoms with Gasteiger partial charge in [0.25, 0.3) is 0 Å². The Morgan fingerprint density at radius 2 is 2.07 bits per heavy atom. The van der Waals surface area contributed by atoms with Crippen molar-refractivity contribution in [2.75, 3.05) is 6.54 Å². The summed E-state index contributed by atoms with van der Waals surface area (Å²) in [7, 11) is 0. The van der Waals surface area contributed by atoms with Crippen molar-refractivity contribution in [2.24, 2.45) is 17.6 Å². The predicted octanol–water partition coefficient (Wildman–Crippen LogP) is 1.45. The van der Waals surface area contributed by atoms with Crippen molar-refractivity contribution in [1.29, 1.82) is 5.26 Å². The van der Waals surface area contributed by atoms with Crippen molar-refractivity contribution in [3.63, 3.8) is 0 Å². The standard InChI is InChI=1S/C11H20N2O2/c1-8(2)4-10(7-13)5-11(14)15-9(3)6-12/h8-10H,4-5,7,13H2,1-3H3/t9?,10-/m0/s1. The van der Waals surface area contributed by atoms with Gasteiger partial charge in [-0.1, -0.05) is 13.8 Å². The maximum atomic E-state index is 11.3. The number of ether oxygens (including phenoxy) is 1. The highest BCUT2D eigenvalue weighted by molar-refractivity contribution is 5.70. The average Bonchev–Trinajstić information content (AvgIpc) is 2.15. The average molecular weight is 212 g/mol. The lowest BCUT2D eigenvalue weighted by Crippen LogP contribution is -2.23. The molecule has 15 heavy (non-hydrogen) atoms. The summed E-state index contributed by atoms with van der Waals surface area (Å²) in [5.41, 5.74) is 5.56. The van der Waals surface area contributed by atoms with Gasteiger partial charge in [0.2, 0.25) is 0 Å². The Morgan fingerprint density at radius 3 is 2.47 bits per heavy atom. The lowest BCUT2D eigenvalue weighted by molar-refractivity contribution is -0.147. The van der Waals surface area contributed by atoms with E-state index in [1.807, 2.05) is 6.07 Å². The van der Waals surface area contributed by atoms with E-state index in [9.17, 15) is 4.79 Å². The first-order chi connectivity index (χ1) is 6.99. The minimum absolute atomic E-state index is 0.156. The van der Waals surface area contributed by atoms with Gasteiger partial charge in [0.05, 0.1) is 0 Å². The second kappa shape index (κ2) is 7.24. The Balaban J connectivity index is 3.97. The molecule has 0 bridgehead atoms. The molecule has 4 nitrogen and oxygen atoms in total. The Bertz CT molecular complexity index is 233. The first-order valence-electron chi connectivity index (χ1n) is 5.28. The zero-order valence-corrected chi connectivity index (χ0v) is 9.69. The SMILES string of the molecule is CC(C)C[C@H](CN)CC(=O)OC(C)C#N. The smallest absolute Gasteiger partial charge is 0.307 e. The normalized spacial score (nSPS) is 14.4. The minimum atomic E-state index is -0.671. The molecule has 0 saturated carbocycles. The zero-order chi connectivity index (χ0) is 11.8.